The number of benzene rings is 2. The molecule has 3 aromatic rings. The second kappa shape index (κ2) is 9.03. The quantitative estimate of drug-likeness (QED) is 0.516. The second-order valence-electron chi connectivity index (χ2n) is 6.60. The summed E-state index contributed by atoms with van der Waals surface area (Å²) < 4.78 is 5.59. The minimum Gasteiger partial charge on any atom is -0.444 e. The van der Waals surface area contributed by atoms with Gasteiger partial charge in [0.15, 0.2) is 5.96 Å². The van der Waals surface area contributed by atoms with Crippen LogP contribution in [0.3, 0.4) is 0 Å². The molecule has 0 fully saturated rings. The third-order valence-electron chi connectivity index (χ3n) is 4.34. The van der Waals surface area contributed by atoms with Crippen molar-refractivity contribution >= 4 is 5.96 Å². The van der Waals surface area contributed by atoms with Crippen molar-refractivity contribution in [3.05, 3.63) is 77.2 Å². The molecule has 1 heterocycles. The first-order chi connectivity index (χ1) is 13.1. The van der Waals surface area contributed by atoms with Gasteiger partial charge in [0, 0.05) is 19.2 Å². The van der Waals surface area contributed by atoms with Gasteiger partial charge in [0.05, 0.1) is 12.2 Å². The molecule has 0 aliphatic rings. The van der Waals surface area contributed by atoms with Gasteiger partial charge in [-0.3, -0.25) is 4.99 Å². The van der Waals surface area contributed by atoms with Crippen LogP contribution >= 0.6 is 0 Å². The predicted molar refractivity (Wildman–Crippen MR) is 110 cm³/mol. The highest BCUT2D eigenvalue weighted by atomic mass is 16.3. The first-order valence-corrected chi connectivity index (χ1v) is 9.15. The van der Waals surface area contributed by atoms with Crippen LogP contribution in [-0.4, -0.2) is 24.5 Å². The highest BCUT2D eigenvalue weighted by molar-refractivity contribution is 5.79. The maximum atomic E-state index is 5.59. The average Bonchev–Trinajstić information content (AvgIpc) is 3.15. The Labute approximate surface area is 160 Å². The molecule has 1 aromatic heterocycles. The fourth-order valence-electron chi connectivity index (χ4n) is 2.69. The first kappa shape index (κ1) is 18.7. The molecule has 140 valence electrons. The summed E-state index contributed by atoms with van der Waals surface area (Å²) in [5.74, 6) is 1.39. The summed E-state index contributed by atoms with van der Waals surface area (Å²) in [5.41, 5.74) is 5.62. The van der Waals surface area contributed by atoms with Gasteiger partial charge in [-0.15, -0.1) is 0 Å². The Morgan fingerprint density at radius 2 is 1.63 bits per heavy atom. The number of aromatic nitrogens is 1. The Morgan fingerprint density at radius 3 is 2.30 bits per heavy atom. The third-order valence-corrected chi connectivity index (χ3v) is 4.34. The van der Waals surface area contributed by atoms with Gasteiger partial charge in [0.1, 0.15) is 6.26 Å². The van der Waals surface area contributed by atoms with Crippen molar-refractivity contribution in [2.45, 2.75) is 26.8 Å². The van der Waals surface area contributed by atoms with Gasteiger partial charge in [-0.25, -0.2) is 4.98 Å². The van der Waals surface area contributed by atoms with Gasteiger partial charge in [-0.1, -0.05) is 47.5 Å². The summed E-state index contributed by atoms with van der Waals surface area (Å²) in [4.78, 5) is 8.80. The van der Waals surface area contributed by atoms with Crippen LogP contribution in [0.25, 0.3) is 11.5 Å². The molecule has 0 aliphatic carbocycles. The number of nitrogens with one attached hydrogen (secondary N) is 2. The topological polar surface area (TPSA) is 62.5 Å². The van der Waals surface area contributed by atoms with E-state index in [4.69, 9.17) is 4.42 Å². The van der Waals surface area contributed by atoms with Crippen molar-refractivity contribution in [1.82, 2.24) is 15.6 Å². The van der Waals surface area contributed by atoms with Crippen molar-refractivity contribution in [1.29, 1.82) is 0 Å². The first-order valence-electron chi connectivity index (χ1n) is 9.15. The minimum atomic E-state index is 0.555. The third kappa shape index (κ3) is 5.45. The minimum absolute atomic E-state index is 0.555. The molecule has 0 atom stereocenters. The zero-order valence-electron chi connectivity index (χ0n) is 16.1. The summed E-state index contributed by atoms with van der Waals surface area (Å²) >= 11 is 0. The zero-order chi connectivity index (χ0) is 19.1. The molecule has 0 amide bonds. The monoisotopic (exact) mass is 362 g/mol. The van der Waals surface area contributed by atoms with E-state index in [0.717, 1.165) is 30.2 Å². The van der Waals surface area contributed by atoms with E-state index in [2.05, 4.69) is 70.9 Å². The summed E-state index contributed by atoms with van der Waals surface area (Å²) in [7, 11) is 1.77. The largest absolute Gasteiger partial charge is 0.444 e. The van der Waals surface area contributed by atoms with Crippen molar-refractivity contribution in [3.63, 3.8) is 0 Å². The standard InChI is InChI=1S/C22H26N4O/c1-16-4-8-18(9-5-16)12-13-24-22(23-3)25-14-20-15-27-21(26-20)19-10-6-17(2)7-11-19/h4-11,15H,12-14H2,1-3H3,(H2,23,24,25). The van der Waals surface area contributed by atoms with Gasteiger partial charge in [-0.05, 0) is 38.0 Å². The highest BCUT2D eigenvalue weighted by Crippen LogP contribution is 2.18. The molecule has 5 heteroatoms. The lowest BCUT2D eigenvalue weighted by Gasteiger charge is -2.10. The van der Waals surface area contributed by atoms with Crippen LogP contribution < -0.4 is 10.6 Å². The molecule has 0 saturated heterocycles. The summed E-state index contributed by atoms with van der Waals surface area (Å²) in [5, 5.41) is 6.60. The van der Waals surface area contributed by atoms with Gasteiger partial charge in [-0.2, -0.15) is 0 Å². The van der Waals surface area contributed by atoms with E-state index in [0.29, 0.717) is 12.4 Å². The van der Waals surface area contributed by atoms with E-state index in [1.165, 1.54) is 16.7 Å². The molecule has 27 heavy (non-hydrogen) atoms. The number of aryl methyl sites for hydroxylation is 2. The number of hydrogen-bond acceptors (Lipinski definition) is 3. The van der Waals surface area contributed by atoms with Crippen LogP contribution in [0.1, 0.15) is 22.4 Å². The molecule has 0 unspecified atom stereocenters. The van der Waals surface area contributed by atoms with E-state index >= 15 is 0 Å². The number of rotatable bonds is 6. The second-order valence-corrected chi connectivity index (χ2v) is 6.60. The van der Waals surface area contributed by atoms with Gasteiger partial charge in [0.25, 0.3) is 0 Å². The number of aliphatic imine (C=N–C) groups is 1. The van der Waals surface area contributed by atoms with Gasteiger partial charge < -0.3 is 15.1 Å². The molecule has 0 aliphatic heterocycles. The molecular weight excluding hydrogens is 336 g/mol. The normalized spacial score (nSPS) is 11.4. The van der Waals surface area contributed by atoms with Crippen molar-refractivity contribution in [2.75, 3.05) is 13.6 Å². The fourth-order valence-corrected chi connectivity index (χ4v) is 2.69. The summed E-state index contributed by atoms with van der Waals surface area (Å²) in [6.45, 7) is 5.53. The number of nitrogens with zero attached hydrogens (tertiary/aromatic N) is 2. The lowest BCUT2D eigenvalue weighted by atomic mass is 10.1. The smallest absolute Gasteiger partial charge is 0.226 e. The summed E-state index contributed by atoms with van der Waals surface area (Å²) in [6.07, 6.45) is 2.63. The maximum absolute atomic E-state index is 5.59. The Kier molecular flexibility index (Phi) is 6.26. The van der Waals surface area contributed by atoms with Crippen LogP contribution in [0.15, 0.2) is 64.2 Å². The van der Waals surface area contributed by atoms with Crippen LogP contribution in [0.5, 0.6) is 0 Å². The molecule has 0 saturated carbocycles. The van der Waals surface area contributed by atoms with Crippen LogP contribution in [0, 0.1) is 13.8 Å². The van der Waals surface area contributed by atoms with Crippen LogP contribution in [-0.2, 0) is 13.0 Å². The Morgan fingerprint density at radius 1 is 0.963 bits per heavy atom. The fraction of sp³-hybridized carbons (Fsp3) is 0.273. The molecule has 2 N–H and O–H groups in total. The SMILES string of the molecule is CN=C(NCCc1ccc(C)cc1)NCc1coc(-c2ccc(C)cc2)n1. The Balaban J connectivity index is 1.48. The Hall–Kier alpha value is -3.08. The van der Waals surface area contributed by atoms with Gasteiger partial charge >= 0.3 is 0 Å². The maximum Gasteiger partial charge on any atom is 0.226 e. The predicted octanol–water partition coefficient (Wildman–Crippen LogP) is 3.87. The van der Waals surface area contributed by atoms with E-state index in [1.807, 2.05) is 12.1 Å². The number of guanidine groups is 1. The van der Waals surface area contributed by atoms with Crippen molar-refractivity contribution < 1.29 is 4.42 Å². The van der Waals surface area contributed by atoms with Crippen LogP contribution in [0.4, 0.5) is 0 Å². The van der Waals surface area contributed by atoms with E-state index < -0.39 is 0 Å². The molecule has 0 bridgehead atoms. The zero-order valence-corrected chi connectivity index (χ0v) is 16.1. The van der Waals surface area contributed by atoms with Crippen molar-refractivity contribution in [2.24, 2.45) is 4.99 Å². The van der Waals surface area contributed by atoms with Gasteiger partial charge in [0.2, 0.25) is 5.89 Å². The molecule has 3 rings (SSSR count). The molecule has 0 spiro atoms. The van der Waals surface area contributed by atoms with E-state index in [-0.39, 0.29) is 0 Å². The lowest BCUT2D eigenvalue weighted by molar-refractivity contribution is 0.572. The number of hydrogen-bond donors (Lipinski definition) is 2. The molecule has 5 nitrogen and oxygen atoms in total. The molecule has 0 radical (unpaired) electrons. The highest BCUT2D eigenvalue weighted by Gasteiger charge is 2.07. The van der Waals surface area contributed by atoms with E-state index in [9.17, 15) is 0 Å². The number of oxazole rings is 1. The Bertz CT molecular complexity index is 879. The average molecular weight is 362 g/mol. The summed E-state index contributed by atoms with van der Waals surface area (Å²) in [6, 6.07) is 16.7. The lowest BCUT2D eigenvalue weighted by Crippen LogP contribution is -2.37. The molecular formula is C22H26N4O. The van der Waals surface area contributed by atoms with Crippen molar-refractivity contribution in [3.8, 4) is 11.5 Å². The van der Waals surface area contributed by atoms with Crippen LogP contribution in [0.2, 0.25) is 0 Å². The molecule has 2 aromatic carbocycles. The van der Waals surface area contributed by atoms with E-state index in [1.54, 1.807) is 13.3 Å².